The number of aliphatic hydroxyl groups is 8. The molecular weight excluding hydrogens is 591 g/mol. The molecule has 248 valence electrons. The van der Waals surface area contributed by atoms with Gasteiger partial charge in [-0.15, -0.1) is 0 Å². The van der Waals surface area contributed by atoms with Crippen molar-refractivity contribution in [2.75, 3.05) is 39.7 Å². The van der Waals surface area contributed by atoms with E-state index in [4.69, 9.17) is 33.5 Å². The molecule has 4 aliphatic heterocycles. The molecular formula is C28H48O14P+. The fraction of sp³-hybridized carbons (Fsp3) is 0.964. The van der Waals surface area contributed by atoms with Crippen LogP contribution in [0.15, 0.2) is 0 Å². The van der Waals surface area contributed by atoms with Gasteiger partial charge in [-0.25, -0.2) is 0 Å². The SMILES string of the molecule is C=[P+](C)C1OCC2OC(C3C4C(CO)OC(CCCCO)C(O)C43)C(O)C(OCCC3OC(CO)C(O)C(O)C3O)C2O1. The van der Waals surface area contributed by atoms with Gasteiger partial charge in [0, 0.05) is 13.2 Å². The molecule has 5 aliphatic rings. The molecule has 1 saturated carbocycles. The molecule has 15 heteroatoms. The first-order chi connectivity index (χ1) is 20.6. The molecule has 14 nitrogen and oxygen atoms in total. The van der Waals surface area contributed by atoms with Gasteiger partial charge in [0.15, 0.2) is 0 Å². The predicted molar refractivity (Wildman–Crippen MR) is 151 cm³/mol. The Morgan fingerprint density at radius 3 is 2.05 bits per heavy atom. The maximum absolute atomic E-state index is 11.7. The second kappa shape index (κ2) is 14.6. The second-order valence-electron chi connectivity index (χ2n) is 12.5. The van der Waals surface area contributed by atoms with Gasteiger partial charge < -0.3 is 69.3 Å². The Bertz CT molecular complexity index is 928. The lowest BCUT2D eigenvalue weighted by Crippen LogP contribution is -2.64. The lowest BCUT2D eigenvalue weighted by molar-refractivity contribution is -0.316. The first kappa shape index (κ1) is 34.0. The Balaban J connectivity index is 1.29. The summed E-state index contributed by atoms with van der Waals surface area (Å²) in [4.78, 5) is 0. The highest BCUT2D eigenvalue weighted by Gasteiger charge is 2.68. The molecule has 8 N–H and O–H groups in total. The minimum atomic E-state index is -1.50. The molecule has 43 heavy (non-hydrogen) atoms. The zero-order valence-electron chi connectivity index (χ0n) is 24.4. The molecule has 1 aliphatic carbocycles. The molecule has 0 aromatic carbocycles. The summed E-state index contributed by atoms with van der Waals surface area (Å²) in [7, 11) is -0.887. The summed E-state index contributed by atoms with van der Waals surface area (Å²) in [5, 5.41) is 82.3. The van der Waals surface area contributed by atoms with Crippen LogP contribution in [-0.4, -0.2) is 172 Å². The summed E-state index contributed by atoms with van der Waals surface area (Å²) in [5.74, 6) is -0.824. The highest BCUT2D eigenvalue weighted by Crippen LogP contribution is 2.60. The molecule has 0 amide bonds. The van der Waals surface area contributed by atoms with Crippen LogP contribution in [0.5, 0.6) is 0 Å². The molecule has 18 unspecified atom stereocenters. The van der Waals surface area contributed by atoms with E-state index in [-0.39, 0.29) is 50.6 Å². The van der Waals surface area contributed by atoms with Crippen molar-refractivity contribution in [2.24, 2.45) is 17.8 Å². The number of ether oxygens (including phenoxy) is 6. The monoisotopic (exact) mass is 639 g/mol. The van der Waals surface area contributed by atoms with Gasteiger partial charge in [0.05, 0.1) is 56.6 Å². The number of unbranched alkanes of at least 4 members (excludes halogenated alkanes) is 1. The van der Waals surface area contributed by atoms with Gasteiger partial charge in [-0.3, -0.25) is 0 Å². The van der Waals surface area contributed by atoms with Crippen molar-refractivity contribution in [1.82, 2.24) is 0 Å². The molecule has 0 aromatic heterocycles. The smallest absolute Gasteiger partial charge is 0.324 e. The number of hydrogen-bond donors (Lipinski definition) is 8. The van der Waals surface area contributed by atoms with Crippen LogP contribution in [0.2, 0.25) is 0 Å². The minimum Gasteiger partial charge on any atom is -0.396 e. The fourth-order valence-electron chi connectivity index (χ4n) is 7.36. The van der Waals surface area contributed by atoms with Crippen LogP contribution in [0.4, 0.5) is 0 Å². The average molecular weight is 640 g/mol. The molecule has 0 radical (unpaired) electrons. The van der Waals surface area contributed by atoms with E-state index in [1.165, 1.54) is 0 Å². The third kappa shape index (κ3) is 6.85. The molecule has 5 rings (SSSR count). The van der Waals surface area contributed by atoms with Crippen molar-refractivity contribution in [3.63, 3.8) is 0 Å². The highest BCUT2D eigenvalue weighted by atomic mass is 31.1. The Labute approximate surface area is 251 Å². The van der Waals surface area contributed by atoms with Crippen molar-refractivity contribution in [1.29, 1.82) is 0 Å². The van der Waals surface area contributed by atoms with E-state index in [1.54, 1.807) is 0 Å². The van der Waals surface area contributed by atoms with Gasteiger partial charge >= 0.3 is 6.03 Å². The van der Waals surface area contributed by atoms with Crippen LogP contribution >= 0.6 is 7.55 Å². The van der Waals surface area contributed by atoms with Crippen molar-refractivity contribution < 1.29 is 69.3 Å². The molecule has 18 atom stereocenters. The summed E-state index contributed by atoms with van der Waals surface area (Å²) in [5.41, 5.74) is 0. The topological polar surface area (TPSA) is 217 Å². The van der Waals surface area contributed by atoms with Gasteiger partial charge in [0.25, 0.3) is 0 Å². The van der Waals surface area contributed by atoms with E-state index in [0.717, 1.165) is 0 Å². The van der Waals surface area contributed by atoms with Crippen LogP contribution in [0.1, 0.15) is 25.7 Å². The quantitative estimate of drug-likeness (QED) is 0.0795. The van der Waals surface area contributed by atoms with E-state index in [9.17, 15) is 35.7 Å². The fourth-order valence-corrected chi connectivity index (χ4v) is 8.05. The van der Waals surface area contributed by atoms with Crippen LogP contribution < -0.4 is 0 Å². The van der Waals surface area contributed by atoms with Crippen molar-refractivity contribution >= 4 is 13.8 Å². The van der Waals surface area contributed by atoms with Crippen LogP contribution in [0.3, 0.4) is 0 Å². The lowest BCUT2D eigenvalue weighted by atomic mass is 9.90. The standard InChI is InChI=1S/C28H48O14P/c1-43(2)28-38-11-16-25(42-28)27(37-8-6-13-21(33)23(35)22(34)15(10-31)40-13)24(36)26(41-16)19-17-14(9-30)39-12(5-3-4-7-29)20(32)18(17)19/h12-36H,1,3-11H2,2H3/q+1. The van der Waals surface area contributed by atoms with Crippen molar-refractivity contribution in [3.8, 4) is 0 Å². The van der Waals surface area contributed by atoms with Gasteiger partial charge in [-0.2, -0.15) is 0 Å². The minimum absolute atomic E-state index is 0.0179. The Morgan fingerprint density at radius 1 is 0.698 bits per heavy atom. The van der Waals surface area contributed by atoms with Crippen LogP contribution in [0.25, 0.3) is 0 Å². The highest BCUT2D eigenvalue weighted by molar-refractivity contribution is 7.55. The molecule has 0 bridgehead atoms. The lowest BCUT2D eigenvalue weighted by Gasteiger charge is -2.47. The molecule has 5 fully saturated rings. The first-order valence-corrected chi connectivity index (χ1v) is 17.3. The van der Waals surface area contributed by atoms with E-state index < -0.39 is 99.5 Å². The number of rotatable bonds is 12. The number of hydrogen-bond acceptors (Lipinski definition) is 14. The van der Waals surface area contributed by atoms with Gasteiger partial charge in [-0.1, -0.05) is 0 Å². The van der Waals surface area contributed by atoms with Crippen molar-refractivity contribution in [3.05, 3.63) is 0 Å². The van der Waals surface area contributed by atoms with Crippen LogP contribution in [-0.2, 0) is 28.4 Å². The number of fused-ring (bicyclic) bond motifs is 2. The summed E-state index contributed by atoms with van der Waals surface area (Å²) < 4.78 is 36.3. The number of aliphatic hydroxyl groups excluding tert-OH is 8. The maximum Gasteiger partial charge on any atom is 0.324 e. The summed E-state index contributed by atoms with van der Waals surface area (Å²) in [6, 6.07) is -0.586. The van der Waals surface area contributed by atoms with E-state index in [2.05, 4.69) is 6.30 Å². The molecule has 0 aromatic rings. The zero-order valence-corrected chi connectivity index (χ0v) is 25.3. The third-order valence-corrected chi connectivity index (χ3v) is 10.6. The predicted octanol–water partition coefficient (Wildman–Crippen LogP) is -2.88. The van der Waals surface area contributed by atoms with E-state index in [1.807, 2.05) is 6.66 Å². The van der Waals surface area contributed by atoms with Crippen molar-refractivity contribution in [2.45, 2.75) is 111 Å². The second-order valence-corrected chi connectivity index (χ2v) is 14.4. The average Bonchev–Trinajstić information content (AvgIpc) is 3.75. The van der Waals surface area contributed by atoms with Gasteiger partial charge in [0.2, 0.25) is 0 Å². The molecule has 4 heterocycles. The summed E-state index contributed by atoms with van der Waals surface area (Å²) in [6.45, 7) is 1.33. The van der Waals surface area contributed by atoms with Gasteiger partial charge in [0.1, 0.15) is 63.0 Å². The normalized spacial score (nSPS) is 50.1. The van der Waals surface area contributed by atoms with Gasteiger partial charge in [-0.05, 0) is 43.4 Å². The Hall–Kier alpha value is -0.390. The van der Waals surface area contributed by atoms with E-state index >= 15 is 0 Å². The summed E-state index contributed by atoms with van der Waals surface area (Å²) >= 11 is 0. The largest absolute Gasteiger partial charge is 0.396 e. The summed E-state index contributed by atoms with van der Waals surface area (Å²) in [6.07, 6.45) is -6.42. The Kier molecular flexibility index (Phi) is 11.5. The molecule has 4 saturated heterocycles. The third-order valence-electron chi connectivity index (χ3n) is 9.64. The zero-order chi connectivity index (χ0) is 31.0. The van der Waals surface area contributed by atoms with E-state index in [0.29, 0.717) is 19.3 Å². The molecule has 0 spiro atoms. The Morgan fingerprint density at radius 2 is 1.37 bits per heavy atom. The maximum atomic E-state index is 11.7. The first-order valence-electron chi connectivity index (χ1n) is 15.2. The van der Waals surface area contributed by atoms with Crippen LogP contribution in [0, 0.1) is 17.8 Å².